The number of benzene rings is 2. The second-order valence-corrected chi connectivity index (χ2v) is 6.33. The van der Waals surface area contributed by atoms with Gasteiger partial charge in [0, 0.05) is 6.42 Å². The highest BCUT2D eigenvalue weighted by atomic mass is 16.8. The lowest BCUT2D eigenvalue weighted by atomic mass is 10.1. The maximum atomic E-state index is 12.6. The maximum absolute atomic E-state index is 12.6. The second kappa shape index (κ2) is 12.2. The normalized spacial score (nSPS) is 11.2. The number of amides is 1. The minimum atomic E-state index is -1.04. The molecule has 29 heavy (non-hydrogen) atoms. The summed E-state index contributed by atoms with van der Waals surface area (Å²) < 4.78 is 10.3. The molecule has 2 aromatic carbocycles. The van der Waals surface area contributed by atoms with Crippen molar-refractivity contribution in [2.45, 2.75) is 45.4 Å². The highest BCUT2D eigenvalue weighted by Crippen LogP contribution is 2.15. The van der Waals surface area contributed by atoms with Crippen molar-refractivity contribution in [3.63, 3.8) is 0 Å². The summed E-state index contributed by atoms with van der Waals surface area (Å²) in [7, 11) is 0. The van der Waals surface area contributed by atoms with Gasteiger partial charge in [0.1, 0.15) is 19.5 Å². The van der Waals surface area contributed by atoms with E-state index in [1.165, 1.54) is 0 Å². The average molecular weight is 399 g/mol. The summed E-state index contributed by atoms with van der Waals surface area (Å²) in [5.74, 6) is 0. The van der Waals surface area contributed by atoms with Gasteiger partial charge in [-0.2, -0.15) is 0 Å². The van der Waals surface area contributed by atoms with E-state index < -0.39 is 18.3 Å². The first kappa shape index (κ1) is 21.9. The topological polar surface area (TPSA) is 82.1 Å². The molecule has 0 aliphatic rings. The smallest absolute Gasteiger partial charge is 0.442 e. The van der Waals surface area contributed by atoms with Crippen LogP contribution in [0.3, 0.4) is 0 Å². The van der Waals surface area contributed by atoms with Crippen LogP contribution in [-0.4, -0.2) is 29.6 Å². The van der Waals surface area contributed by atoms with Gasteiger partial charge in [-0.3, -0.25) is 4.84 Å². The molecule has 0 spiro atoms. The van der Waals surface area contributed by atoms with Gasteiger partial charge in [-0.1, -0.05) is 74.0 Å². The number of hydrogen-bond donors (Lipinski definition) is 0. The van der Waals surface area contributed by atoms with Gasteiger partial charge < -0.3 is 14.3 Å². The van der Waals surface area contributed by atoms with Crippen molar-refractivity contribution in [3.05, 3.63) is 71.8 Å². The number of nitrogens with zero attached hydrogens (tertiary/aromatic N) is 1. The highest BCUT2D eigenvalue weighted by Gasteiger charge is 2.29. The Balaban J connectivity index is 2.01. The third kappa shape index (κ3) is 7.65. The Morgan fingerprint density at radius 1 is 0.931 bits per heavy atom. The van der Waals surface area contributed by atoms with Crippen LogP contribution < -0.4 is 0 Å². The van der Waals surface area contributed by atoms with Crippen LogP contribution in [0.5, 0.6) is 0 Å². The van der Waals surface area contributed by atoms with Crippen molar-refractivity contribution in [2.24, 2.45) is 0 Å². The lowest BCUT2D eigenvalue weighted by Gasteiger charge is -2.27. The Kier molecular flexibility index (Phi) is 9.21. The van der Waals surface area contributed by atoms with Crippen LogP contribution in [0.1, 0.15) is 37.3 Å². The third-order valence-corrected chi connectivity index (χ3v) is 4.08. The molecule has 0 aliphatic carbocycles. The Morgan fingerprint density at radius 2 is 1.48 bits per heavy atom. The van der Waals surface area contributed by atoms with Gasteiger partial charge in [-0.25, -0.2) is 9.59 Å². The van der Waals surface area contributed by atoms with Gasteiger partial charge in [0.2, 0.25) is 0 Å². The Morgan fingerprint density at radius 3 is 2.00 bits per heavy atom. The SMILES string of the molecule is CCC[C@@H](CC=O)N(OC(=O)OCc1ccccc1)C(=O)OCc1ccccc1. The minimum absolute atomic E-state index is 0.00129. The van der Waals surface area contributed by atoms with Gasteiger partial charge in [-0.15, -0.1) is 5.06 Å². The van der Waals surface area contributed by atoms with Gasteiger partial charge in [0.05, 0.1) is 6.04 Å². The summed E-state index contributed by atoms with van der Waals surface area (Å²) in [4.78, 5) is 40.9. The first-order chi connectivity index (χ1) is 14.1. The zero-order valence-corrected chi connectivity index (χ0v) is 16.4. The van der Waals surface area contributed by atoms with Crippen LogP contribution in [0.25, 0.3) is 0 Å². The first-order valence-corrected chi connectivity index (χ1v) is 9.46. The molecule has 0 fully saturated rings. The molecule has 0 saturated heterocycles. The van der Waals surface area contributed by atoms with Crippen molar-refractivity contribution in [1.29, 1.82) is 0 Å². The standard InChI is InChI=1S/C22H25NO6/c1-2-9-20(14-15-24)23(21(25)27-16-18-10-5-3-6-11-18)29-22(26)28-17-19-12-7-4-8-13-19/h3-8,10-13,15,20H,2,9,14,16-17H2,1H3/t20-/m0/s1. The van der Waals surface area contributed by atoms with Crippen LogP contribution >= 0.6 is 0 Å². The van der Waals surface area contributed by atoms with E-state index >= 15 is 0 Å². The summed E-state index contributed by atoms with van der Waals surface area (Å²) in [5.41, 5.74) is 1.57. The van der Waals surface area contributed by atoms with Gasteiger partial charge in [0.15, 0.2) is 0 Å². The molecular formula is C22H25NO6. The fourth-order valence-corrected chi connectivity index (χ4v) is 2.64. The molecule has 0 N–H and O–H groups in total. The number of ether oxygens (including phenoxy) is 2. The molecule has 0 aliphatic heterocycles. The molecule has 1 atom stereocenters. The largest absolute Gasteiger partial charge is 0.533 e. The molecule has 0 radical (unpaired) electrons. The number of aldehydes is 1. The molecular weight excluding hydrogens is 374 g/mol. The van der Waals surface area contributed by atoms with Crippen molar-refractivity contribution in [2.75, 3.05) is 0 Å². The van der Waals surface area contributed by atoms with Crippen LogP contribution in [-0.2, 0) is 32.3 Å². The number of hydroxylamine groups is 2. The molecule has 2 aromatic rings. The van der Waals surface area contributed by atoms with Gasteiger partial charge in [0.25, 0.3) is 0 Å². The van der Waals surface area contributed by atoms with Crippen LogP contribution in [0, 0.1) is 0 Å². The Labute approximate surface area is 170 Å². The molecule has 154 valence electrons. The van der Waals surface area contributed by atoms with Gasteiger partial charge >= 0.3 is 12.2 Å². The molecule has 7 nitrogen and oxygen atoms in total. The molecule has 0 aromatic heterocycles. The summed E-state index contributed by atoms with van der Waals surface area (Å²) in [6.07, 6.45) is -0.0612. The van der Waals surface area contributed by atoms with E-state index in [1.54, 1.807) is 12.1 Å². The van der Waals surface area contributed by atoms with Crippen LogP contribution in [0.4, 0.5) is 9.59 Å². The summed E-state index contributed by atoms with van der Waals surface area (Å²) in [6, 6.07) is 17.6. The van der Waals surface area contributed by atoms with Crippen LogP contribution in [0.15, 0.2) is 60.7 Å². The van der Waals surface area contributed by atoms with Crippen molar-refractivity contribution in [1.82, 2.24) is 5.06 Å². The van der Waals surface area contributed by atoms with E-state index in [-0.39, 0.29) is 19.6 Å². The van der Waals surface area contributed by atoms with Gasteiger partial charge in [-0.05, 0) is 17.5 Å². The number of hydrogen-bond acceptors (Lipinski definition) is 6. The predicted octanol–water partition coefficient (Wildman–Crippen LogP) is 4.65. The second-order valence-electron chi connectivity index (χ2n) is 6.33. The van der Waals surface area contributed by atoms with E-state index in [4.69, 9.17) is 14.3 Å². The Bertz CT molecular complexity index is 765. The molecule has 7 heteroatoms. The van der Waals surface area contributed by atoms with Crippen molar-refractivity contribution in [3.8, 4) is 0 Å². The van der Waals surface area contributed by atoms with Crippen molar-refractivity contribution < 1.29 is 28.7 Å². The lowest BCUT2D eigenvalue weighted by molar-refractivity contribution is -0.142. The fraction of sp³-hybridized carbons (Fsp3) is 0.318. The van der Waals surface area contributed by atoms with Crippen LogP contribution in [0.2, 0.25) is 0 Å². The summed E-state index contributed by atoms with van der Waals surface area (Å²) in [5, 5.41) is 0.800. The number of carbonyl (C=O) groups excluding carboxylic acids is 3. The summed E-state index contributed by atoms with van der Waals surface area (Å²) in [6.45, 7) is 1.91. The molecule has 0 heterocycles. The summed E-state index contributed by atoms with van der Waals surface area (Å²) >= 11 is 0. The van der Waals surface area contributed by atoms with Crippen molar-refractivity contribution >= 4 is 18.5 Å². The fourth-order valence-electron chi connectivity index (χ4n) is 2.64. The van der Waals surface area contributed by atoms with E-state index in [2.05, 4.69) is 0 Å². The monoisotopic (exact) mass is 399 g/mol. The zero-order chi connectivity index (χ0) is 20.9. The minimum Gasteiger partial charge on any atom is -0.442 e. The Hall–Kier alpha value is -3.35. The van der Waals surface area contributed by atoms with E-state index in [9.17, 15) is 14.4 Å². The molecule has 1 amide bonds. The number of rotatable bonds is 9. The van der Waals surface area contributed by atoms with E-state index in [0.717, 1.165) is 16.2 Å². The lowest BCUT2D eigenvalue weighted by Crippen LogP contribution is -2.42. The number of carbonyl (C=O) groups is 3. The predicted molar refractivity (Wildman–Crippen MR) is 106 cm³/mol. The van der Waals surface area contributed by atoms with E-state index in [1.807, 2.05) is 55.5 Å². The maximum Gasteiger partial charge on any atom is 0.533 e. The third-order valence-electron chi connectivity index (χ3n) is 4.08. The molecule has 0 unspecified atom stereocenters. The average Bonchev–Trinajstić information content (AvgIpc) is 2.76. The molecule has 0 saturated carbocycles. The molecule has 0 bridgehead atoms. The first-order valence-electron chi connectivity index (χ1n) is 9.46. The highest BCUT2D eigenvalue weighted by molar-refractivity contribution is 5.70. The quantitative estimate of drug-likeness (QED) is 0.347. The zero-order valence-electron chi connectivity index (χ0n) is 16.4. The van der Waals surface area contributed by atoms with E-state index in [0.29, 0.717) is 19.1 Å². The molecule has 2 rings (SSSR count).